The molecule has 0 aliphatic heterocycles. The predicted octanol–water partition coefficient (Wildman–Crippen LogP) is 4.12. The summed E-state index contributed by atoms with van der Waals surface area (Å²) in [5, 5.41) is 5.21. The Morgan fingerprint density at radius 1 is 1.22 bits per heavy atom. The molecule has 0 fully saturated rings. The van der Waals surface area contributed by atoms with Crippen LogP contribution in [0.5, 0.6) is 0 Å². The van der Waals surface area contributed by atoms with E-state index in [1.54, 1.807) is 0 Å². The fraction of sp³-hybridized carbons (Fsp3) is 0.391. The maximum Gasteiger partial charge on any atom is 0.305 e. The van der Waals surface area contributed by atoms with Crippen molar-refractivity contribution in [1.82, 2.24) is 15.3 Å². The Morgan fingerprint density at radius 3 is 2.75 bits per heavy atom. The zero-order valence-electron chi connectivity index (χ0n) is 18.2. The van der Waals surface area contributed by atoms with E-state index in [1.807, 2.05) is 42.6 Å². The lowest BCUT2D eigenvalue weighted by Crippen LogP contribution is -2.31. The van der Waals surface area contributed by atoms with Gasteiger partial charge >= 0.3 is 5.97 Å². The van der Waals surface area contributed by atoms with Crippen LogP contribution < -0.4 is 10.9 Å². The number of thioether (sulfide) groups is 1. The zero-order chi connectivity index (χ0) is 22.9. The number of aromatic nitrogens is 2. The highest BCUT2D eigenvalue weighted by molar-refractivity contribution is 7.99. The first-order valence-electron chi connectivity index (χ1n) is 10.5. The van der Waals surface area contributed by atoms with Crippen LogP contribution in [0.4, 0.5) is 0 Å². The second-order valence-electron chi connectivity index (χ2n) is 7.34. The van der Waals surface area contributed by atoms with E-state index in [-0.39, 0.29) is 22.7 Å². The molecule has 0 bridgehead atoms. The molecule has 3 aromatic rings. The van der Waals surface area contributed by atoms with Crippen LogP contribution in [0, 0.1) is 0 Å². The average Bonchev–Trinajstić information content (AvgIpc) is 3.24. The summed E-state index contributed by atoms with van der Waals surface area (Å²) < 4.78 is 4.60. The normalized spacial score (nSPS) is 11.9. The summed E-state index contributed by atoms with van der Waals surface area (Å²) in [6, 6.07) is 9.78. The quantitative estimate of drug-likeness (QED) is 0.321. The molecule has 170 valence electrons. The van der Waals surface area contributed by atoms with E-state index in [2.05, 4.69) is 20.0 Å². The Balaban J connectivity index is 1.50. The molecule has 0 aliphatic rings. The minimum atomic E-state index is -0.269. The molecule has 9 heteroatoms. The molecule has 0 unspecified atom stereocenters. The highest BCUT2D eigenvalue weighted by Crippen LogP contribution is 2.30. The van der Waals surface area contributed by atoms with Crippen molar-refractivity contribution in [3.63, 3.8) is 0 Å². The SMILES string of the molecule is COC(=O)CCCCCNC(=O)[C@H](C)SCc1nc2scc(-c3ccccc3)c2c(=O)[nH]1. The van der Waals surface area contributed by atoms with Crippen molar-refractivity contribution in [3.8, 4) is 11.1 Å². The Morgan fingerprint density at radius 2 is 2.00 bits per heavy atom. The number of H-pyrrole nitrogens is 1. The average molecular weight is 474 g/mol. The molecule has 0 saturated heterocycles. The summed E-state index contributed by atoms with van der Waals surface area (Å²) in [7, 11) is 1.38. The number of esters is 1. The van der Waals surface area contributed by atoms with E-state index >= 15 is 0 Å². The molecule has 1 aromatic carbocycles. The molecule has 0 saturated carbocycles. The number of aromatic amines is 1. The van der Waals surface area contributed by atoms with Gasteiger partial charge in [0.2, 0.25) is 5.91 Å². The van der Waals surface area contributed by atoms with Crippen molar-refractivity contribution in [3.05, 3.63) is 51.9 Å². The number of nitrogens with one attached hydrogen (secondary N) is 2. The molecule has 2 N–H and O–H groups in total. The van der Waals surface area contributed by atoms with Gasteiger partial charge in [0.25, 0.3) is 5.56 Å². The van der Waals surface area contributed by atoms with Crippen LogP contribution in [0.1, 0.15) is 38.4 Å². The number of amides is 1. The first-order valence-corrected chi connectivity index (χ1v) is 12.4. The third kappa shape index (κ3) is 6.43. The van der Waals surface area contributed by atoms with Gasteiger partial charge in [-0.05, 0) is 25.3 Å². The summed E-state index contributed by atoms with van der Waals surface area (Å²) in [6.07, 6.45) is 2.83. The number of thiophene rings is 1. The predicted molar refractivity (Wildman–Crippen MR) is 130 cm³/mol. The minimum Gasteiger partial charge on any atom is -0.469 e. The lowest BCUT2D eigenvalue weighted by Gasteiger charge is -2.11. The number of hydrogen-bond acceptors (Lipinski definition) is 7. The standard InChI is InChI=1S/C23H27N3O4S2/c1-15(21(28)24-12-8-4-7-11-19(27)30-2)31-14-18-25-22(29)20-17(13-32-23(20)26-18)16-9-5-3-6-10-16/h3,5-6,9-10,13,15H,4,7-8,11-12,14H2,1-2H3,(H,24,28)(H,25,26,29)/t15-/m0/s1. The lowest BCUT2D eigenvalue weighted by molar-refractivity contribution is -0.140. The molecule has 0 radical (unpaired) electrons. The van der Waals surface area contributed by atoms with Gasteiger partial charge in [-0.25, -0.2) is 4.98 Å². The van der Waals surface area contributed by atoms with Crippen LogP contribution in [-0.4, -0.2) is 40.7 Å². The van der Waals surface area contributed by atoms with Gasteiger partial charge in [-0.2, -0.15) is 0 Å². The number of rotatable bonds is 11. The van der Waals surface area contributed by atoms with Crippen molar-refractivity contribution in [1.29, 1.82) is 0 Å². The van der Waals surface area contributed by atoms with E-state index in [9.17, 15) is 14.4 Å². The summed E-state index contributed by atoms with van der Waals surface area (Å²) >= 11 is 2.88. The molecule has 1 atom stereocenters. The van der Waals surface area contributed by atoms with Crippen LogP contribution in [-0.2, 0) is 20.1 Å². The smallest absolute Gasteiger partial charge is 0.305 e. The van der Waals surface area contributed by atoms with Gasteiger partial charge < -0.3 is 15.0 Å². The largest absolute Gasteiger partial charge is 0.469 e. The van der Waals surface area contributed by atoms with Crippen LogP contribution in [0.3, 0.4) is 0 Å². The van der Waals surface area contributed by atoms with Gasteiger partial charge in [-0.1, -0.05) is 36.8 Å². The third-order valence-corrected chi connectivity index (χ3v) is 7.03. The monoisotopic (exact) mass is 473 g/mol. The Labute approximate surface area is 195 Å². The van der Waals surface area contributed by atoms with E-state index in [0.29, 0.717) is 34.8 Å². The summed E-state index contributed by atoms with van der Waals surface area (Å²) in [5.74, 6) is 0.755. The molecule has 7 nitrogen and oxygen atoms in total. The van der Waals surface area contributed by atoms with Gasteiger partial charge in [0.1, 0.15) is 10.7 Å². The van der Waals surface area contributed by atoms with Crippen molar-refractivity contribution in [2.75, 3.05) is 13.7 Å². The molecule has 1 amide bonds. The van der Waals surface area contributed by atoms with Crippen molar-refractivity contribution in [2.24, 2.45) is 0 Å². The second-order valence-corrected chi connectivity index (χ2v) is 9.53. The highest BCUT2D eigenvalue weighted by atomic mass is 32.2. The van der Waals surface area contributed by atoms with Gasteiger partial charge in [0.15, 0.2) is 0 Å². The third-order valence-electron chi connectivity index (χ3n) is 5.00. The highest BCUT2D eigenvalue weighted by Gasteiger charge is 2.16. The number of hydrogen-bond donors (Lipinski definition) is 2. The maximum atomic E-state index is 12.7. The molecule has 2 heterocycles. The Kier molecular flexibility index (Phi) is 8.87. The Hall–Kier alpha value is -2.65. The zero-order valence-corrected chi connectivity index (χ0v) is 19.8. The van der Waals surface area contributed by atoms with Gasteiger partial charge in [0.05, 0.1) is 23.5 Å². The number of benzene rings is 1. The van der Waals surface area contributed by atoms with Crippen LogP contribution in [0.15, 0.2) is 40.5 Å². The first-order chi connectivity index (χ1) is 15.5. The van der Waals surface area contributed by atoms with Crippen LogP contribution in [0.2, 0.25) is 0 Å². The van der Waals surface area contributed by atoms with Crippen molar-refractivity contribution < 1.29 is 14.3 Å². The molecule has 0 aliphatic carbocycles. The molecule has 2 aromatic heterocycles. The van der Waals surface area contributed by atoms with E-state index in [1.165, 1.54) is 30.2 Å². The van der Waals surface area contributed by atoms with E-state index < -0.39 is 0 Å². The lowest BCUT2D eigenvalue weighted by atomic mass is 10.1. The number of nitrogens with zero attached hydrogens (tertiary/aromatic N) is 1. The summed E-state index contributed by atoms with van der Waals surface area (Å²) in [5.41, 5.74) is 1.72. The number of ether oxygens (including phenoxy) is 1. The first kappa shape index (κ1) is 24.0. The number of fused-ring (bicyclic) bond motifs is 1. The fourth-order valence-electron chi connectivity index (χ4n) is 3.20. The second kappa shape index (κ2) is 11.8. The maximum absolute atomic E-state index is 12.7. The van der Waals surface area contributed by atoms with Gasteiger partial charge in [-0.15, -0.1) is 23.1 Å². The minimum absolute atomic E-state index is 0.0473. The van der Waals surface area contributed by atoms with Crippen LogP contribution in [0.25, 0.3) is 21.3 Å². The molecular formula is C23H27N3O4S2. The number of carbonyl (C=O) groups is 2. The fourth-order valence-corrected chi connectivity index (χ4v) is 4.95. The topological polar surface area (TPSA) is 101 Å². The molecular weight excluding hydrogens is 446 g/mol. The summed E-state index contributed by atoms with van der Waals surface area (Å²) in [6.45, 7) is 2.41. The Bertz CT molecular complexity index is 1110. The number of unbranched alkanes of at least 4 members (excludes halogenated alkanes) is 2. The van der Waals surface area contributed by atoms with Gasteiger partial charge in [-0.3, -0.25) is 14.4 Å². The van der Waals surface area contributed by atoms with E-state index in [4.69, 9.17) is 0 Å². The number of carbonyl (C=O) groups excluding carboxylic acids is 2. The van der Waals surface area contributed by atoms with E-state index in [0.717, 1.165) is 30.4 Å². The molecule has 0 spiro atoms. The molecule has 32 heavy (non-hydrogen) atoms. The van der Waals surface area contributed by atoms with Crippen molar-refractivity contribution >= 4 is 45.2 Å². The van der Waals surface area contributed by atoms with Gasteiger partial charge in [0, 0.05) is 23.9 Å². The van der Waals surface area contributed by atoms with Crippen molar-refractivity contribution in [2.45, 2.75) is 43.6 Å². The summed E-state index contributed by atoms with van der Waals surface area (Å²) in [4.78, 5) is 44.3. The molecule has 3 rings (SSSR count). The number of methoxy groups -OCH3 is 1. The van der Waals surface area contributed by atoms with Crippen LogP contribution >= 0.6 is 23.1 Å².